The molecule has 5 heteroatoms. The summed E-state index contributed by atoms with van der Waals surface area (Å²) in [6.45, 7) is 7.75. The highest BCUT2D eigenvalue weighted by atomic mass is 16.6. The molecule has 1 aromatic heterocycles. The van der Waals surface area contributed by atoms with Crippen molar-refractivity contribution in [1.82, 2.24) is 15.6 Å². The van der Waals surface area contributed by atoms with E-state index >= 15 is 0 Å². The molecule has 1 saturated carbocycles. The van der Waals surface area contributed by atoms with Gasteiger partial charge in [0.05, 0.1) is 5.69 Å². The predicted molar refractivity (Wildman–Crippen MR) is 86.6 cm³/mol. The Morgan fingerprint density at radius 3 is 2.68 bits per heavy atom. The highest BCUT2D eigenvalue weighted by Crippen LogP contribution is 2.22. The van der Waals surface area contributed by atoms with Gasteiger partial charge in [0.15, 0.2) is 0 Å². The van der Waals surface area contributed by atoms with Gasteiger partial charge < -0.3 is 15.4 Å². The maximum atomic E-state index is 11.8. The number of hydrogen-bond donors (Lipinski definition) is 2. The normalized spacial score (nSPS) is 23.1. The summed E-state index contributed by atoms with van der Waals surface area (Å²) < 4.78 is 5.30. The molecule has 2 rings (SSSR count). The average molecular weight is 305 g/mol. The van der Waals surface area contributed by atoms with E-state index in [9.17, 15) is 4.79 Å². The van der Waals surface area contributed by atoms with E-state index in [0.29, 0.717) is 6.04 Å². The number of alkyl carbamates (subject to hydrolysis) is 1. The van der Waals surface area contributed by atoms with Crippen molar-refractivity contribution in [1.29, 1.82) is 0 Å². The maximum absolute atomic E-state index is 11.8. The first-order valence-corrected chi connectivity index (χ1v) is 8.00. The lowest BCUT2D eigenvalue weighted by molar-refractivity contribution is 0.0505. The predicted octanol–water partition coefficient (Wildman–Crippen LogP) is 3.18. The van der Waals surface area contributed by atoms with Gasteiger partial charge in [-0.15, -0.1) is 0 Å². The summed E-state index contributed by atoms with van der Waals surface area (Å²) in [5.74, 6) is 0. The molecule has 1 amide bonds. The molecule has 2 unspecified atom stereocenters. The first kappa shape index (κ1) is 16.7. The van der Waals surface area contributed by atoms with Crippen LogP contribution in [0.4, 0.5) is 4.79 Å². The monoisotopic (exact) mass is 305 g/mol. The Morgan fingerprint density at radius 1 is 1.32 bits per heavy atom. The third-order valence-electron chi connectivity index (χ3n) is 3.77. The zero-order valence-corrected chi connectivity index (χ0v) is 13.9. The summed E-state index contributed by atoms with van der Waals surface area (Å²) in [7, 11) is 0. The van der Waals surface area contributed by atoms with Crippen LogP contribution in [-0.4, -0.2) is 28.8 Å². The summed E-state index contributed by atoms with van der Waals surface area (Å²) >= 11 is 0. The van der Waals surface area contributed by atoms with Gasteiger partial charge in [-0.1, -0.05) is 6.07 Å². The fourth-order valence-electron chi connectivity index (χ4n) is 2.81. The fraction of sp³-hybridized carbons (Fsp3) is 0.647. The Kier molecular flexibility index (Phi) is 5.40. The van der Waals surface area contributed by atoms with E-state index in [4.69, 9.17) is 4.74 Å². The number of nitrogens with one attached hydrogen (secondary N) is 2. The molecule has 1 aliphatic rings. The van der Waals surface area contributed by atoms with Gasteiger partial charge in [0.2, 0.25) is 0 Å². The largest absolute Gasteiger partial charge is 0.444 e. The molecule has 0 spiro atoms. The van der Waals surface area contributed by atoms with Crippen LogP contribution in [0.25, 0.3) is 0 Å². The summed E-state index contributed by atoms with van der Waals surface area (Å²) in [5, 5.41) is 6.55. The average Bonchev–Trinajstić information content (AvgIpc) is 2.84. The van der Waals surface area contributed by atoms with Gasteiger partial charge in [-0.05, 0) is 59.1 Å². The molecular weight excluding hydrogens is 278 g/mol. The SMILES string of the molecule is C[C@H](NC1CCC(NC(=O)OC(C)(C)C)C1)c1ccccn1. The van der Waals surface area contributed by atoms with E-state index < -0.39 is 5.60 Å². The van der Waals surface area contributed by atoms with Crippen LogP contribution in [0.1, 0.15) is 58.7 Å². The molecule has 0 aliphatic heterocycles. The fourth-order valence-corrected chi connectivity index (χ4v) is 2.81. The van der Waals surface area contributed by atoms with Crippen molar-refractivity contribution < 1.29 is 9.53 Å². The number of amides is 1. The molecule has 1 fully saturated rings. The topological polar surface area (TPSA) is 63.2 Å². The minimum Gasteiger partial charge on any atom is -0.444 e. The van der Waals surface area contributed by atoms with E-state index in [1.807, 2.05) is 45.2 Å². The third-order valence-corrected chi connectivity index (χ3v) is 3.77. The van der Waals surface area contributed by atoms with Gasteiger partial charge >= 0.3 is 6.09 Å². The third kappa shape index (κ3) is 5.30. The van der Waals surface area contributed by atoms with Crippen molar-refractivity contribution in [2.24, 2.45) is 0 Å². The van der Waals surface area contributed by atoms with Crippen molar-refractivity contribution in [2.75, 3.05) is 0 Å². The molecule has 0 saturated heterocycles. The molecule has 0 aromatic carbocycles. The van der Waals surface area contributed by atoms with Crippen LogP contribution >= 0.6 is 0 Å². The quantitative estimate of drug-likeness (QED) is 0.897. The van der Waals surface area contributed by atoms with Crippen LogP contribution in [0.3, 0.4) is 0 Å². The molecule has 5 nitrogen and oxygen atoms in total. The summed E-state index contributed by atoms with van der Waals surface area (Å²) in [5.41, 5.74) is 0.597. The zero-order valence-electron chi connectivity index (χ0n) is 13.9. The molecule has 2 N–H and O–H groups in total. The number of rotatable bonds is 4. The Hall–Kier alpha value is -1.62. The molecule has 122 valence electrons. The molecule has 0 bridgehead atoms. The molecule has 22 heavy (non-hydrogen) atoms. The van der Waals surface area contributed by atoms with Gasteiger partial charge in [0.1, 0.15) is 5.60 Å². The second-order valence-corrected chi connectivity index (χ2v) is 7.00. The maximum Gasteiger partial charge on any atom is 0.407 e. The number of carbonyl (C=O) groups excluding carboxylic acids is 1. The number of nitrogens with zero attached hydrogens (tertiary/aromatic N) is 1. The minimum absolute atomic E-state index is 0.184. The van der Waals surface area contributed by atoms with Crippen LogP contribution in [0.2, 0.25) is 0 Å². The lowest BCUT2D eigenvalue weighted by Gasteiger charge is -2.22. The number of carbonyl (C=O) groups is 1. The van der Waals surface area contributed by atoms with Crippen molar-refractivity contribution in [3.05, 3.63) is 30.1 Å². The first-order chi connectivity index (χ1) is 10.3. The van der Waals surface area contributed by atoms with Crippen molar-refractivity contribution in [3.63, 3.8) is 0 Å². The van der Waals surface area contributed by atoms with E-state index in [2.05, 4.69) is 22.5 Å². The second-order valence-electron chi connectivity index (χ2n) is 7.00. The number of hydrogen-bond acceptors (Lipinski definition) is 4. The number of aromatic nitrogens is 1. The van der Waals surface area contributed by atoms with Crippen molar-refractivity contribution >= 4 is 6.09 Å². The van der Waals surface area contributed by atoms with E-state index in [0.717, 1.165) is 25.0 Å². The minimum atomic E-state index is -0.451. The summed E-state index contributed by atoms with van der Waals surface area (Å²) in [6.07, 6.45) is 4.45. The lowest BCUT2D eigenvalue weighted by Crippen LogP contribution is -2.39. The Labute approximate surface area is 132 Å². The van der Waals surface area contributed by atoms with E-state index in [1.165, 1.54) is 0 Å². The number of pyridine rings is 1. The van der Waals surface area contributed by atoms with Gasteiger partial charge in [-0.25, -0.2) is 4.79 Å². The molecule has 1 aliphatic carbocycles. The molecular formula is C17H27N3O2. The van der Waals surface area contributed by atoms with Gasteiger partial charge in [-0.3, -0.25) is 4.98 Å². The standard InChI is InChI=1S/C17H27N3O2/c1-12(15-7-5-6-10-18-15)19-13-8-9-14(11-13)20-16(21)22-17(2,3)4/h5-7,10,12-14,19H,8-9,11H2,1-4H3,(H,20,21)/t12-,13?,14?/m0/s1. The van der Waals surface area contributed by atoms with Gasteiger partial charge in [-0.2, -0.15) is 0 Å². The number of ether oxygens (including phenoxy) is 1. The van der Waals surface area contributed by atoms with Crippen LogP contribution < -0.4 is 10.6 Å². The second kappa shape index (κ2) is 7.09. The Bertz CT molecular complexity index is 484. The smallest absolute Gasteiger partial charge is 0.407 e. The van der Waals surface area contributed by atoms with E-state index in [1.54, 1.807) is 0 Å². The first-order valence-electron chi connectivity index (χ1n) is 8.00. The van der Waals surface area contributed by atoms with Gasteiger partial charge in [0, 0.05) is 24.3 Å². The van der Waals surface area contributed by atoms with Crippen LogP contribution in [-0.2, 0) is 4.74 Å². The lowest BCUT2D eigenvalue weighted by atomic mass is 10.1. The van der Waals surface area contributed by atoms with Crippen LogP contribution in [0.15, 0.2) is 24.4 Å². The highest BCUT2D eigenvalue weighted by Gasteiger charge is 2.28. The van der Waals surface area contributed by atoms with Gasteiger partial charge in [0.25, 0.3) is 0 Å². The van der Waals surface area contributed by atoms with Crippen molar-refractivity contribution in [2.45, 2.75) is 70.7 Å². The summed E-state index contributed by atoms with van der Waals surface area (Å²) in [6, 6.07) is 6.75. The molecule has 3 atom stereocenters. The molecule has 1 heterocycles. The molecule has 0 radical (unpaired) electrons. The van der Waals surface area contributed by atoms with Crippen molar-refractivity contribution in [3.8, 4) is 0 Å². The van der Waals surface area contributed by atoms with Crippen LogP contribution in [0, 0.1) is 0 Å². The Morgan fingerprint density at radius 2 is 2.05 bits per heavy atom. The van der Waals surface area contributed by atoms with Crippen LogP contribution in [0.5, 0.6) is 0 Å². The Balaban J connectivity index is 1.77. The summed E-state index contributed by atoms with van der Waals surface area (Å²) in [4.78, 5) is 16.2. The zero-order chi connectivity index (χ0) is 16.2. The highest BCUT2D eigenvalue weighted by molar-refractivity contribution is 5.68. The van der Waals surface area contributed by atoms with E-state index in [-0.39, 0.29) is 18.2 Å². The molecule has 1 aromatic rings.